The number of rotatable bonds is 7. The number of amides is 1. The van der Waals surface area contributed by atoms with Gasteiger partial charge in [-0.05, 0) is 51.6 Å². The zero-order chi connectivity index (χ0) is 22.7. The normalized spacial score (nSPS) is 19.2. The maximum atomic E-state index is 13.1. The van der Waals surface area contributed by atoms with Crippen molar-refractivity contribution in [3.8, 4) is 5.88 Å². The Morgan fingerprint density at radius 2 is 2.19 bits per heavy atom. The van der Waals surface area contributed by atoms with Gasteiger partial charge in [-0.2, -0.15) is 0 Å². The molecule has 0 spiro atoms. The third kappa shape index (κ3) is 4.87. The number of carbonyl (C=O) groups is 1. The monoisotopic (exact) mass is 443 g/mol. The van der Waals surface area contributed by atoms with Crippen LogP contribution < -0.4 is 10.3 Å². The van der Waals surface area contributed by atoms with Crippen molar-refractivity contribution in [3.63, 3.8) is 0 Å². The van der Waals surface area contributed by atoms with Crippen molar-refractivity contribution in [2.24, 2.45) is 0 Å². The average Bonchev–Trinajstić information content (AvgIpc) is 3.24. The fourth-order valence-corrected chi connectivity index (χ4v) is 4.59. The Kier molecular flexibility index (Phi) is 6.93. The largest absolute Gasteiger partial charge is 0.476 e. The molecule has 0 unspecified atom stereocenters. The SMILES string of the molecule is CCOc1cc(CCC(=O)N2CCCC[C@@H]2c2nc3c(c(=O)[nH]2)CCN(C(C)C)C3)on1. The fraction of sp³-hybridized carbons (Fsp3) is 0.652. The summed E-state index contributed by atoms with van der Waals surface area (Å²) in [6.07, 6.45) is 4.25. The van der Waals surface area contributed by atoms with Gasteiger partial charge in [0.1, 0.15) is 11.6 Å². The Morgan fingerprint density at radius 1 is 1.34 bits per heavy atom. The van der Waals surface area contributed by atoms with Gasteiger partial charge >= 0.3 is 0 Å². The van der Waals surface area contributed by atoms with Gasteiger partial charge in [0.05, 0.1) is 18.3 Å². The van der Waals surface area contributed by atoms with Crippen LogP contribution in [-0.2, 0) is 24.2 Å². The first-order chi connectivity index (χ1) is 15.5. The number of aryl methyl sites for hydroxylation is 1. The molecule has 1 saturated heterocycles. The molecule has 2 aliphatic heterocycles. The highest BCUT2D eigenvalue weighted by Crippen LogP contribution is 2.30. The predicted octanol–water partition coefficient (Wildman–Crippen LogP) is 2.61. The molecule has 0 bridgehead atoms. The van der Waals surface area contributed by atoms with Crippen LogP contribution in [-0.4, -0.2) is 56.6 Å². The van der Waals surface area contributed by atoms with E-state index in [9.17, 15) is 9.59 Å². The molecule has 0 saturated carbocycles. The zero-order valence-electron chi connectivity index (χ0n) is 19.2. The number of nitrogens with one attached hydrogen (secondary N) is 1. The number of ether oxygens (including phenoxy) is 1. The molecular formula is C23H33N5O4. The summed E-state index contributed by atoms with van der Waals surface area (Å²) in [5, 5.41) is 3.85. The summed E-state index contributed by atoms with van der Waals surface area (Å²) in [6.45, 7) is 8.94. The highest BCUT2D eigenvalue weighted by molar-refractivity contribution is 5.77. The lowest BCUT2D eigenvalue weighted by molar-refractivity contribution is -0.135. The number of piperidine rings is 1. The molecule has 1 fully saturated rings. The molecule has 9 nitrogen and oxygen atoms in total. The summed E-state index contributed by atoms with van der Waals surface area (Å²) in [6, 6.07) is 1.94. The van der Waals surface area contributed by atoms with E-state index in [2.05, 4.69) is 28.9 Å². The second-order valence-corrected chi connectivity index (χ2v) is 8.85. The van der Waals surface area contributed by atoms with Gasteiger partial charge in [0, 0.05) is 50.1 Å². The summed E-state index contributed by atoms with van der Waals surface area (Å²) in [4.78, 5) is 38.0. The third-order valence-corrected chi connectivity index (χ3v) is 6.41. The van der Waals surface area contributed by atoms with Crippen molar-refractivity contribution in [2.75, 3.05) is 19.7 Å². The summed E-state index contributed by atoms with van der Waals surface area (Å²) < 4.78 is 10.6. The second-order valence-electron chi connectivity index (χ2n) is 8.85. The van der Waals surface area contributed by atoms with Crippen LogP contribution in [0.1, 0.15) is 75.3 Å². The molecule has 1 amide bonds. The quantitative estimate of drug-likeness (QED) is 0.701. The van der Waals surface area contributed by atoms with Crippen LogP contribution in [0.15, 0.2) is 15.4 Å². The Morgan fingerprint density at radius 3 is 2.97 bits per heavy atom. The lowest BCUT2D eigenvalue weighted by atomic mass is 9.99. The molecular weight excluding hydrogens is 410 g/mol. The number of fused-ring (bicyclic) bond motifs is 1. The van der Waals surface area contributed by atoms with Gasteiger partial charge in [-0.3, -0.25) is 14.5 Å². The molecule has 4 heterocycles. The Bertz CT molecular complexity index is 999. The van der Waals surface area contributed by atoms with Gasteiger partial charge in [-0.25, -0.2) is 4.98 Å². The lowest BCUT2D eigenvalue weighted by Crippen LogP contribution is -2.42. The maximum absolute atomic E-state index is 13.1. The van der Waals surface area contributed by atoms with Gasteiger partial charge in [0.2, 0.25) is 5.91 Å². The highest BCUT2D eigenvalue weighted by atomic mass is 16.5. The Balaban J connectivity index is 1.49. The number of likely N-dealkylation sites (tertiary alicyclic amines) is 1. The van der Waals surface area contributed by atoms with E-state index in [1.54, 1.807) is 6.07 Å². The first kappa shape index (κ1) is 22.5. The van der Waals surface area contributed by atoms with E-state index in [0.717, 1.165) is 37.1 Å². The highest BCUT2D eigenvalue weighted by Gasteiger charge is 2.31. The minimum atomic E-state index is -0.197. The van der Waals surface area contributed by atoms with Crippen LogP contribution in [0.2, 0.25) is 0 Å². The van der Waals surface area contributed by atoms with E-state index in [1.165, 1.54) is 0 Å². The van der Waals surface area contributed by atoms with Crippen LogP contribution in [0.3, 0.4) is 0 Å². The molecule has 0 aromatic carbocycles. The molecule has 0 aliphatic carbocycles. The van der Waals surface area contributed by atoms with Crippen LogP contribution >= 0.6 is 0 Å². The molecule has 174 valence electrons. The van der Waals surface area contributed by atoms with E-state index in [1.807, 2.05) is 11.8 Å². The Hall–Kier alpha value is -2.68. The molecule has 32 heavy (non-hydrogen) atoms. The number of hydrogen-bond donors (Lipinski definition) is 1. The molecule has 1 atom stereocenters. The molecule has 9 heteroatoms. The molecule has 2 aromatic rings. The topological polar surface area (TPSA) is 105 Å². The fourth-order valence-electron chi connectivity index (χ4n) is 4.59. The van der Waals surface area contributed by atoms with Crippen molar-refractivity contribution in [2.45, 2.75) is 77.9 Å². The van der Waals surface area contributed by atoms with Crippen molar-refractivity contribution in [1.29, 1.82) is 0 Å². The van der Waals surface area contributed by atoms with Crippen LogP contribution in [0.5, 0.6) is 5.88 Å². The summed E-state index contributed by atoms with van der Waals surface area (Å²) >= 11 is 0. The Labute approximate surface area is 188 Å². The molecule has 4 rings (SSSR count). The zero-order valence-corrected chi connectivity index (χ0v) is 19.2. The second kappa shape index (κ2) is 9.85. The number of aromatic amines is 1. The van der Waals surface area contributed by atoms with E-state index in [-0.39, 0.29) is 17.5 Å². The van der Waals surface area contributed by atoms with Crippen LogP contribution in [0.4, 0.5) is 0 Å². The minimum absolute atomic E-state index is 0.0354. The number of aromatic nitrogens is 3. The molecule has 1 N–H and O–H groups in total. The van der Waals surface area contributed by atoms with Gasteiger partial charge < -0.3 is 19.1 Å². The van der Waals surface area contributed by atoms with E-state index in [0.29, 0.717) is 62.5 Å². The predicted molar refractivity (Wildman–Crippen MR) is 118 cm³/mol. The first-order valence-corrected chi connectivity index (χ1v) is 11.7. The van der Waals surface area contributed by atoms with E-state index >= 15 is 0 Å². The third-order valence-electron chi connectivity index (χ3n) is 6.41. The van der Waals surface area contributed by atoms with Gasteiger partial charge in [0.25, 0.3) is 11.4 Å². The smallest absolute Gasteiger partial charge is 0.254 e. The minimum Gasteiger partial charge on any atom is -0.476 e. The van der Waals surface area contributed by atoms with Gasteiger partial charge in [-0.15, -0.1) is 0 Å². The number of nitrogens with zero attached hydrogens (tertiary/aromatic N) is 4. The van der Waals surface area contributed by atoms with Crippen LogP contribution in [0.25, 0.3) is 0 Å². The molecule has 2 aromatic heterocycles. The number of H-pyrrole nitrogens is 1. The van der Waals surface area contributed by atoms with E-state index < -0.39 is 0 Å². The van der Waals surface area contributed by atoms with Crippen molar-refractivity contribution >= 4 is 5.91 Å². The van der Waals surface area contributed by atoms with Crippen molar-refractivity contribution < 1.29 is 14.1 Å². The number of carbonyl (C=O) groups excluding carboxylic acids is 1. The summed E-state index contributed by atoms with van der Waals surface area (Å²) in [5.41, 5.74) is 1.58. The van der Waals surface area contributed by atoms with Gasteiger partial charge in [-0.1, -0.05) is 0 Å². The average molecular weight is 444 g/mol. The standard InChI is InChI=1S/C23H33N5O4/c1-4-31-20-13-16(32-26-20)8-9-21(29)28-11-6-5-7-19(28)22-24-18-14-27(15(2)3)12-10-17(18)23(30)25-22/h13,15,19H,4-12,14H2,1-3H3,(H,24,25,30)/t19-/m1/s1. The molecule has 0 radical (unpaired) electrons. The van der Waals surface area contributed by atoms with Crippen molar-refractivity contribution in [1.82, 2.24) is 24.9 Å². The van der Waals surface area contributed by atoms with E-state index in [4.69, 9.17) is 14.2 Å². The first-order valence-electron chi connectivity index (χ1n) is 11.7. The lowest BCUT2D eigenvalue weighted by Gasteiger charge is -2.36. The van der Waals surface area contributed by atoms with Crippen molar-refractivity contribution in [3.05, 3.63) is 39.3 Å². The summed E-state index contributed by atoms with van der Waals surface area (Å²) in [7, 11) is 0. The summed E-state index contributed by atoms with van der Waals surface area (Å²) in [5.74, 6) is 1.72. The number of hydrogen-bond acceptors (Lipinski definition) is 7. The maximum Gasteiger partial charge on any atom is 0.254 e. The molecule has 2 aliphatic rings. The van der Waals surface area contributed by atoms with Gasteiger partial charge in [0.15, 0.2) is 0 Å². The van der Waals surface area contributed by atoms with Crippen LogP contribution in [0, 0.1) is 0 Å².